The van der Waals surface area contributed by atoms with E-state index in [0.29, 0.717) is 6.42 Å². The van der Waals surface area contributed by atoms with Crippen LogP contribution in [0.5, 0.6) is 0 Å². The van der Waals surface area contributed by atoms with E-state index >= 15 is 0 Å². The van der Waals surface area contributed by atoms with Crippen LogP contribution in [0.3, 0.4) is 0 Å². The SMILES string of the molecule is FC(F)(F)C1C=C2C(=COC23CCNCC3)CC1. The number of nitrogens with one attached hydrogen (secondary N) is 1. The van der Waals surface area contributed by atoms with Crippen molar-refractivity contribution in [1.82, 2.24) is 5.32 Å². The third-order valence-corrected chi connectivity index (χ3v) is 4.19. The molecule has 5 heteroatoms. The van der Waals surface area contributed by atoms with E-state index < -0.39 is 17.7 Å². The summed E-state index contributed by atoms with van der Waals surface area (Å²) < 4.78 is 44.3. The Bertz CT molecular complexity index is 405. The van der Waals surface area contributed by atoms with Crippen molar-refractivity contribution in [2.24, 2.45) is 5.92 Å². The van der Waals surface area contributed by atoms with Crippen LogP contribution in [0.4, 0.5) is 13.2 Å². The van der Waals surface area contributed by atoms with Gasteiger partial charge in [0, 0.05) is 12.8 Å². The summed E-state index contributed by atoms with van der Waals surface area (Å²) in [7, 11) is 0. The molecule has 0 aromatic heterocycles. The number of rotatable bonds is 0. The van der Waals surface area contributed by atoms with Crippen molar-refractivity contribution in [1.29, 1.82) is 0 Å². The lowest BCUT2D eigenvalue weighted by molar-refractivity contribution is -0.163. The largest absolute Gasteiger partial charge is 0.490 e. The first kappa shape index (κ1) is 12.1. The Hall–Kier alpha value is -0.970. The Labute approximate surface area is 104 Å². The molecule has 0 amide bonds. The van der Waals surface area contributed by atoms with Crippen LogP contribution in [-0.2, 0) is 4.74 Å². The van der Waals surface area contributed by atoms with Gasteiger partial charge in [-0.25, -0.2) is 0 Å². The summed E-state index contributed by atoms with van der Waals surface area (Å²) in [4.78, 5) is 0. The van der Waals surface area contributed by atoms with E-state index in [9.17, 15) is 13.2 Å². The Morgan fingerprint density at radius 1 is 1.28 bits per heavy atom. The Balaban J connectivity index is 1.92. The van der Waals surface area contributed by atoms with Gasteiger partial charge in [-0.15, -0.1) is 0 Å². The molecule has 3 aliphatic rings. The molecule has 0 saturated carbocycles. The van der Waals surface area contributed by atoms with Crippen molar-refractivity contribution in [3.8, 4) is 0 Å². The van der Waals surface area contributed by atoms with Crippen LogP contribution < -0.4 is 5.32 Å². The molecule has 0 aromatic rings. The lowest BCUT2D eigenvalue weighted by atomic mass is 9.76. The fourth-order valence-electron chi connectivity index (χ4n) is 3.13. The van der Waals surface area contributed by atoms with Crippen LogP contribution in [0.25, 0.3) is 0 Å². The minimum Gasteiger partial charge on any atom is -0.490 e. The molecule has 1 atom stereocenters. The van der Waals surface area contributed by atoms with Crippen LogP contribution >= 0.6 is 0 Å². The number of allylic oxidation sites excluding steroid dienone is 1. The van der Waals surface area contributed by atoms with Gasteiger partial charge in [0.05, 0.1) is 12.2 Å². The molecule has 0 aromatic carbocycles. The van der Waals surface area contributed by atoms with Gasteiger partial charge < -0.3 is 10.1 Å². The normalized spacial score (nSPS) is 30.5. The molecule has 1 unspecified atom stereocenters. The summed E-state index contributed by atoms with van der Waals surface area (Å²) in [5, 5.41) is 3.22. The maximum absolute atomic E-state index is 12.8. The fraction of sp³-hybridized carbons (Fsp3) is 0.692. The molecule has 1 saturated heterocycles. The third-order valence-electron chi connectivity index (χ3n) is 4.19. The van der Waals surface area contributed by atoms with Crippen molar-refractivity contribution in [2.45, 2.75) is 37.5 Å². The highest BCUT2D eigenvalue weighted by Gasteiger charge is 2.48. The molecule has 2 heterocycles. The predicted molar refractivity (Wildman–Crippen MR) is 60.9 cm³/mol. The molecule has 3 rings (SSSR count). The van der Waals surface area contributed by atoms with E-state index in [4.69, 9.17) is 4.74 Å². The average Bonchev–Trinajstić information content (AvgIpc) is 2.68. The Kier molecular flexibility index (Phi) is 2.70. The number of ether oxygens (including phenoxy) is 1. The summed E-state index contributed by atoms with van der Waals surface area (Å²) in [5.41, 5.74) is 1.29. The molecular weight excluding hydrogens is 243 g/mol. The number of halogens is 3. The molecule has 2 aliphatic heterocycles. The second-order valence-electron chi connectivity index (χ2n) is 5.27. The number of fused-ring (bicyclic) bond motifs is 2. The van der Waals surface area contributed by atoms with Crippen molar-refractivity contribution in [3.05, 3.63) is 23.5 Å². The zero-order valence-electron chi connectivity index (χ0n) is 10.0. The van der Waals surface area contributed by atoms with Crippen LogP contribution in [0.1, 0.15) is 25.7 Å². The first-order chi connectivity index (χ1) is 8.51. The van der Waals surface area contributed by atoms with Crippen LogP contribution in [-0.4, -0.2) is 24.9 Å². The quantitative estimate of drug-likeness (QED) is 0.722. The van der Waals surface area contributed by atoms with Crippen LogP contribution in [0, 0.1) is 5.92 Å². The first-order valence-electron chi connectivity index (χ1n) is 6.38. The highest BCUT2D eigenvalue weighted by atomic mass is 19.4. The zero-order chi connectivity index (χ0) is 12.8. The van der Waals surface area contributed by atoms with E-state index in [1.807, 2.05) is 0 Å². The van der Waals surface area contributed by atoms with Crippen LogP contribution in [0.15, 0.2) is 23.5 Å². The highest BCUT2D eigenvalue weighted by molar-refractivity contribution is 5.44. The summed E-state index contributed by atoms with van der Waals surface area (Å²) in [6.45, 7) is 1.60. The molecule has 2 nitrogen and oxygen atoms in total. The second kappa shape index (κ2) is 4.02. The van der Waals surface area contributed by atoms with Crippen molar-refractivity contribution < 1.29 is 17.9 Å². The number of alkyl halides is 3. The van der Waals surface area contributed by atoms with Gasteiger partial charge in [-0.05, 0) is 37.1 Å². The lowest BCUT2D eigenvalue weighted by Crippen LogP contribution is -2.43. The fourth-order valence-corrected chi connectivity index (χ4v) is 3.13. The topological polar surface area (TPSA) is 21.3 Å². The van der Waals surface area contributed by atoms with E-state index in [-0.39, 0.29) is 6.42 Å². The smallest absolute Gasteiger partial charge is 0.395 e. The number of piperidine rings is 1. The van der Waals surface area contributed by atoms with Gasteiger partial charge in [-0.2, -0.15) is 13.2 Å². The van der Waals surface area contributed by atoms with E-state index in [0.717, 1.165) is 37.1 Å². The Morgan fingerprint density at radius 2 is 2.00 bits per heavy atom. The van der Waals surface area contributed by atoms with E-state index in [1.165, 1.54) is 6.08 Å². The molecule has 1 spiro atoms. The summed E-state index contributed by atoms with van der Waals surface area (Å²) in [6.07, 6.45) is 1.10. The molecular formula is C13H16F3NO. The van der Waals surface area contributed by atoms with Gasteiger partial charge in [-0.1, -0.05) is 6.08 Å². The van der Waals surface area contributed by atoms with E-state index in [1.54, 1.807) is 6.26 Å². The monoisotopic (exact) mass is 259 g/mol. The molecule has 1 aliphatic carbocycles. The third kappa shape index (κ3) is 1.85. The van der Waals surface area contributed by atoms with Gasteiger partial charge in [0.1, 0.15) is 5.60 Å². The molecule has 0 bridgehead atoms. The first-order valence-corrected chi connectivity index (χ1v) is 6.38. The summed E-state index contributed by atoms with van der Waals surface area (Å²) >= 11 is 0. The molecule has 18 heavy (non-hydrogen) atoms. The summed E-state index contributed by atoms with van der Waals surface area (Å²) in [5.74, 6) is -1.31. The van der Waals surface area contributed by atoms with Crippen LogP contribution in [0.2, 0.25) is 0 Å². The van der Waals surface area contributed by atoms with Crippen molar-refractivity contribution in [2.75, 3.05) is 13.1 Å². The molecule has 1 N–H and O–H groups in total. The molecule has 0 radical (unpaired) electrons. The van der Waals surface area contributed by atoms with E-state index in [2.05, 4.69) is 5.32 Å². The minimum atomic E-state index is -4.13. The highest BCUT2D eigenvalue weighted by Crippen LogP contribution is 2.48. The van der Waals surface area contributed by atoms with Crippen molar-refractivity contribution in [3.63, 3.8) is 0 Å². The molecule has 100 valence electrons. The van der Waals surface area contributed by atoms with Gasteiger partial charge in [0.2, 0.25) is 0 Å². The maximum atomic E-state index is 12.8. The predicted octanol–water partition coefficient (Wildman–Crippen LogP) is 2.92. The van der Waals surface area contributed by atoms with Gasteiger partial charge in [0.15, 0.2) is 0 Å². The van der Waals surface area contributed by atoms with Gasteiger partial charge in [-0.3, -0.25) is 0 Å². The van der Waals surface area contributed by atoms with Gasteiger partial charge in [0.25, 0.3) is 0 Å². The maximum Gasteiger partial charge on any atom is 0.395 e. The number of hydrogen-bond donors (Lipinski definition) is 1. The lowest BCUT2D eigenvalue weighted by Gasteiger charge is -2.37. The average molecular weight is 259 g/mol. The standard InChI is InChI=1S/C13H16F3NO/c14-13(15,16)10-2-1-9-8-18-12(11(9)7-10)3-5-17-6-4-12/h7-8,10,17H,1-6H2. The number of hydrogen-bond acceptors (Lipinski definition) is 2. The summed E-state index contributed by atoms with van der Waals surface area (Å²) in [6, 6.07) is 0. The van der Waals surface area contributed by atoms with Crippen molar-refractivity contribution >= 4 is 0 Å². The minimum absolute atomic E-state index is 0.149. The Morgan fingerprint density at radius 3 is 2.67 bits per heavy atom. The van der Waals surface area contributed by atoms with Gasteiger partial charge >= 0.3 is 6.18 Å². The molecule has 1 fully saturated rings. The zero-order valence-corrected chi connectivity index (χ0v) is 10.0. The second-order valence-corrected chi connectivity index (χ2v) is 5.27.